The number of carboxylic acid groups (broad SMARTS) is 1. The molecule has 146 valence electrons. The van der Waals surface area contributed by atoms with Crippen molar-refractivity contribution in [3.63, 3.8) is 0 Å². The van der Waals surface area contributed by atoms with Crippen molar-refractivity contribution in [3.05, 3.63) is 76.4 Å². The van der Waals surface area contributed by atoms with Gasteiger partial charge in [-0.1, -0.05) is 63.2 Å². The molecule has 0 amide bonds. The van der Waals surface area contributed by atoms with Crippen LogP contribution < -0.4 is 0 Å². The number of carbonyl (C=O) groups is 1. The van der Waals surface area contributed by atoms with Gasteiger partial charge in [0.05, 0.1) is 0 Å². The second-order valence-corrected chi connectivity index (χ2v) is 8.77. The SMILES string of the molecule is CC1(C)CCC(C)(C)c2cc(C(=NO)c3cccc(C=CC(=O)O)c3)ccc21. The predicted octanol–water partition coefficient (Wildman–Crippen LogP) is 5.36. The maximum atomic E-state index is 10.8. The summed E-state index contributed by atoms with van der Waals surface area (Å²) in [4.78, 5) is 10.8. The Kier molecular flexibility index (Phi) is 5.16. The van der Waals surface area contributed by atoms with E-state index in [1.54, 1.807) is 0 Å². The monoisotopic (exact) mass is 377 g/mol. The zero-order chi connectivity index (χ0) is 20.5. The highest BCUT2D eigenvalue weighted by atomic mass is 16.4. The van der Waals surface area contributed by atoms with Gasteiger partial charge in [0.25, 0.3) is 0 Å². The van der Waals surface area contributed by atoms with E-state index < -0.39 is 5.97 Å². The van der Waals surface area contributed by atoms with E-state index in [0.717, 1.165) is 35.6 Å². The summed E-state index contributed by atoms with van der Waals surface area (Å²) in [5.74, 6) is -0.999. The summed E-state index contributed by atoms with van der Waals surface area (Å²) in [6.45, 7) is 9.08. The second-order valence-electron chi connectivity index (χ2n) is 8.77. The van der Waals surface area contributed by atoms with Crippen LogP contribution in [0.5, 0.6) is 0 Å². The summed E-state index contributed by atoms with van der Waals surface area (Å²) in [5.41, 5.74) is 5.64. The third-order valence-electron chi connectivity index (χ3n) is 5.80. The Morgan fingerprint density at radius 2 is 1.61 bits per heavy atom. The molecule has 3 rings (SSSR count). The molecule has 2 N–H and O–H groups in total. The molecule has 1 aliphatic rings. The van der Waals surface area contributed by atoms with Gasteiger partial charge in [-0.2, -0.15) is 0 Å². The van der Waals surface area contributed by atoms with Crippen molar-refractivity contribution >= 4 is 17.8 Å². The van der Waals surface area contributed by atoms with Crippen LogP contribution in [0.25, 0.3) is 6.08 Å². The van der Waals surface area contributed by atoms with E-state index in [9.17, 15) is 10.0 Å². The van der Waals surface area contributed by atoms with E-state index in [1.165, 1.54) is 17.2 Å². The van der Waals surface area contributed by atoms with Gasteiger partial charge in [-0.3, -0.25) is 0 Å². The van der Waals surface area contributed by atoms with Crippen molar-refractivity contribution in [2.24, 2.45) is 5.16 Å². The standard InChI is InChI=1S/C24H27NO3/c1-23(2)12-13-24(3,4)20-15-18(9-10-19(20)23)22(25-28)17-7-5-6-16(14-17)8-11-21(26)27/h5-11,14-15,28H,12-13H2,1-4H3,(H,26,27). The predicted molar refractivity (Wildman–Crippen MR) is 112 cm³/mol. The average Bonchev–Trinajstić information content (AvgIpc) is 2.65. The molecular formula is C24H27NO3. The Bertz CT molecular complexity index is 968. The fraction of sp³-hybridized carbons (Fsp3) is 0.333. The van der Waals surface area contributed by atoms with Crippen molar-refractivity contribution in [1.82, 2.24) is 0 Å². The van der Waals surface area contributed by atoms with Gasteiger partial charge in [0.2, 0.25) is 0 Å². The van der Waals surface area contributed by atoms with Gasteiger partial charge >= 0.3 is 5.97 Å². The number of hydrogen-bond donors (Lipinski definition) is 2. The molecule has 4 heteroatoms. The highest BCUT2D eigenvalue weighted by Crippen LogP contribution is 2.46. The lowest BCUT2D eigenvalue weighted by Crippen LogP contribution is -2.34. The molecule has 0 saturated heterocycles. The highest BCUT2D eigenvalue weighted by Gasteiger charge is 2.37. The van der Waals surface area contributed by atoms with Crippen LogP contribution in [-0.2, 0) is 15.6 Å². The number of nitrogens with zero attached hydrogens (tertiary/aromatic N) is 1. The first-order chi connectivity index (χ1) is 13.1. The average molecular weight is 377 g/mol. The van der Waals surface area contributed by atoms with E-state index >= 15 is 0 Å². The molecule has 0 fully saturated rings. The number of hydrogen-bond acceptors (Lipinski definition) is 3. The molecular weight excluding hydrogens is 350 g/mol. The molecule has 1 aliphatic carbocycles. The topological polar surface area (TPSA) is 69.9 Å². The summed E-state index contributed by atoms with van der Waals surface area (Å²) in [5, 5.41) is 22.2. The number of fused-ring (bicyclic) bond motifs is 1. The van der Waals surface area contributed by atoms with E-state index in [1.807, 2.05) is 30.3 Å². The minimum Gasteiger partial charge on any atom is -0.478 e. The first-order valence-electron chi connectivity index (χ1n) is 9.53. The van der Waals surface area contributed by atoms with Crippen LogP contribution in [-0.4, -0.2) is 22.0 Å². The van der Waals surface area contributed by atoms with Crippen LogP contribution in [0.1, 0.15) is 68.4 Å². The van der Waals surface area contributed by atoms with Crippen LogP contribution in [0, 0.1) is 0 Å². The molecule has 0 spiro atoms. The van der Waals surface area contributed by atoms with Gasteiger partial charge in [-0.25, -0.2) is 4.79 Å². The van der Waals surface area contributed by atoms with Crippen LogP contribution in [0.2, 0.25) is 0 Å². The molecule has 28 heavy (non-hydrogen) atoms. The largest absolute Gasteiger partial charge is 0.478 e. The highest BCUT2D eigenvalue weighted by molar-refractivity contribution is 6.13. The summed E-state index contributed by atoms with van der Waals surface area (Å²) in [6, 6.07) is 13.6. The first-order valence-corrected chi connectivity index (χ1v) is 9.53. The van der Waals surface area contributed by atoms with Crippen molar-refractivity contribution < 1.29 is 15.1 Å². The number of benzene rings is 2. The lowest BCUT2D eigenvalue weighted by Gasteiger charge is -2.42. The quantitative estimate of drug-likeness (QED) is 0.326. The molecule has 2 aromatic carbocycles. The molecule has 0 unspecified atom stereocenters. The molecule has 4 nitrogen and oxygen atoms in total. The van der Waals surface area contributed by atoms with Gasteiger partial charge < -0.3 is 10.3 Å². The van der Waals surface area contributed by atoms with Crippen molar-refractivity contribution in [1.29, 1.82) is 0 Å². The molecule has 0 aromatic heterocycles. The van der Waals surface area contributed by atoms with Gasteiger partial charge in [0, 0.05) is 17.2 Å². The number of oxime groups is 1. The summed E-state index contributed by atoms with van der Waals surface area (Å²) >= 11 is 0. The summed E-state index contributed by atoms with van der Waals surface area (Å²) in [7, 11) is 0. The van der Waals surface area contributed by atoms with E-state index in [2.05, 4.69) is 45.0 Å². The smallest absolute Gasteiger partial charge is 0.328 e. The van der Waals surface area contributed by atoms with Crippen molar-refractivity contribution in [2.75, 3.05) is 0 Å². The molecule has 0 saturated carbocycles. The molecule has 2 aromatic rings. The number of rotatable bonds is 4. The fourth-order valence-electron chi connectivity index (χ4n) is 3.98. The Hall–Kier alpha value is -2.88. The Morgan fingerprint density at radius 3 is 2.25 bits per heavy atom. The van der Waals surface area contributed by atoms with Crippen molar-refractivity contribution in [3.8, 4) is 0 Å². The van der Waals surface area contributed by atoms with Crippen LogP contribution in [0.4, 0.5) is 0 Å². The second kappa shape index (κ2) is 7.27. The zero-order valence-corrected chi connectivity index (χ0v) is 16.9. The first kappa shape index (κ1) is 19.9. The minimum absolute atomic E-state index is 0.0630. The third-order valence-corrected chi connectivity index (χ3v) is 5.80. The van der Waals surface area contributed by atoms with E-state index in [4.69, 9.17) is 5.11 Å². The third kappa shape index (κ3) is 3.86. The molecule has 0 bridgehead atoms. The fourth-order valence-corrected chi connectivity index (χ4v) is 3.98. The molecule has 0 aliphatic heterocycles. The zero-order valence-electron chi connectivity index (χ0n) is 16.9. The molecule has 0 radical (unpaired) electrons. The van der Waals surface area contributed by atoms with Gasteiger partial charge in [-0.15, -0.1) is 0 Å². The lowest BCUT2D eigenvalue weighted by atomic mass is 9.63. The minimum atomic E-state index is -0.999. The van der Waals surface area contributed by atoms with E-state index in [0.29, 0.717) is 5.71 Å². The van der Waals surface area contributed by atoms with E-state index in [-0.39, 0.29) is 10.8 Å². The molecule has 0 heterocycles. The Labute approximate surface area is 166 Å². The normalized spacial score (nSPS) is 18.1. The Balaban J connectivity index is 2.06. The number of aliphatic carboxylic acids is 1. The maximum absolute atomic E-state index is 10.8. The van der Waals surface area contributed by atoms with Crippen molar-refractivity contribution in [2.45, 2.75) is 51.4 Å². The van der Waals surface area contributed by atoms with Crippen LogP contribution in [0.3, 0.4) is 0 Å². The van der Waals surface area contributed by atoms with Gasteiger partial charge in [0.15, 0.2) is 0 Å². The van der Waals surface area contributed by atoms with Crippen LogP contribution >= 0.6 is 0 Å². The summed E-state index contributed by atoms with van der Waals surface area (Å²) in [6.07, 6.45) is 4.88. The maximum Gasteiger partial charge on any atom is 0.328 e. The Morgan fingerprint density at radius 1 is 0.964 bits per heavy atom. The summed E-state index contributed by atoms with van der Waals surface area (Å²) < 4.78 is 0. The van der Waals surface area contributed by atoms with Gasteiger partial charge in [-0.05, 0) is 58.6 Å². The molecule has 0 atom stereocenters. The lowest BCUT2D eigenvalue weighted by molar-refractivity contribution is -0.131. The van der Waals surface area contributed by atoms with Gasteiger partial charge in [0.1, 0.15) is 5.71 Å². The number of carboxylic acids is 1. The van der Waals surface area contributed by atoms with Crippen LogP contribution in [0.15, 0.2) is 53.7 Å².